The predicted octanol–water partition coefficient (Wildman–Crippen LogP) is 4.52. The highest BCUT2D eigenvalue weighted by Crippen LogP contribution is 2.30. The monoisotopic (exact) mass is 501 g/mol. The number of ether oxygens (including phenoxy) is 3. The number of amides is 1. The van der Waals surface area contributed by atoms with Crippen molar-refractivity contribution >= 4 is 22.8 Å². The van der Waals surface area contributed by atoms with Gasteiger partial charge in [-0.05, 0) is 60.9 Å². The van der Waals surface area contributed by atoms with Crippen molar-refractivity contribution in [3.8, 4) is 22.6 Å². The molecule has 190 valence electrons. The highest BCUT2D eigenvalue weighted by Gasteiger charge is 2.11. The summed E-state index contributed by atoms with van der Waals surface area (Å²) in [6, 6.07) is 21.0. The topological polar surface area (TPSA) is 104 Å². The van der Waals surface area contributed by atoms with E-state index in [1.165, 1.54) is 6.07 Å². The number of esters is 1. The molecule has 0 unspecified atom stereocenters. The summed E-state index contributed by atoms with van der Waals surface area (Å²) in [6.07, 6.45) is 0.471. The van der Waals surface area contributed by atoms with Crippen molar-refractivity contribution < 1.29 is 28.2 Å². The van der Waals surface area contributed by atoms with Gasteiger partial charge in [-0.25, -0.2) is 9.59 Å². The number of fused-ring (bicyclic) bond motifs is 1. The minimum atomic E-state index is -0.490. The summed E-state index contributed by atoms with van der Waals surface area (Å²) in [5.41, 5.74) is 2.99. The van der Waals surface area contributed by atoms with Crippen LogP contribution >= 0.6 is 0 Å². The zero-order chi connectivity index (χ0) is 26.2. The van der Waals surface area contributed by atoms with E-state index in [9.17, 15) is 14.4 Å². The molecule has 4 rings (SSSR count). The molecule has 0 spiro atoms. The van der Waals surface area contributed by atoms with Gasteiger partial charge in [-0.1, -0.05) is 29.8 Å². The van der Waals surface area contributed by atoms with Crippen LogP contribution in [0.4, 0.5) is 0 Å². The Bertz CT molecular complexity index is 1440. The zero-order valence-corrected chi connectivity index (χ0v) is 20.6. The van der Waals surface area contributed by atoms with Crippen molar-refractivity contribution in [2.75, 3.05) is 26.9 Å². The van der Waals surface area contributed by atoms with Crippen LogP contribution in [0.25, 0.3) is 22.1 Å². The van der Waals surface area contributed by atoms with E-state index in [0.717, 1.165) is 22.1 Å². The number of hydrogen-bond donors (Lipinski definition) is 1. The summed E-state index contributed by atoms with van der Waals surface area (Å²) in [6.45, 7) is 2.26. The van der Waals surface area contributed by atoms with E-state index in [-0.39, 0.29) is 19.1 Å². The first kappa shape index (κ1) is 25.5. The van der Waals surface area contributed by atoms with Crippen LogP contribution in [0.2, 0.25) is 0 Å². The van der Waals surface area contributed by atoms with Gasteiger partial charge in [0.15, 0.2) is 6.61 Å². The summed E-state index contributed by atoms with van der Waals surface area (Å²) < 4.78 is 21.4. The third-order valence-electron chi connectivity index (χ3n) is 5.65. The van der Waals surface area contributed by atoms with Gasteiger partial charge >= 0.3 is 11.6 Å². The molecule has 8 nitrogen and oxygen atoms in total. The molecule has 3 aromatic carbocycles. The maximum absolute atomic E-state index is 12.2. The van der Waals surface area contributed by atoms with E-state index < -0.39 is 11.6 Å². The molecule has 0 saturated carbocycles. The lowest BCUT2D eigenvalue weighted by Crippen LogP contribution is -2.30. The molecule has 8 heteroatoms. The second-order valence-electron chi connectivity index (χ2n) is 8.36. The molecule has 1 aromatic heterocycles. The number of benzene rings is 3. The molecule has 1 amide bonds. The Morgan fingerprint density at radius 2 is 1.65 bits per heavy atom. The Morgan fingerprint density at radius 1 is 0.919 bits per heavy atom. The van der Waals surface area contributed by atoms with E-state index in [1.54, 1.807) is 37.4 Å². The Balaban J connectivity index is 1.27. The van der Waals surface area contributed by atoms with Gasteiger partial charge in [-0.2, -0.15) is 0 Å². The van der Waals surface area contributed by atoms with E-state index in [4.69, 9.17) is 18.6 Å². The Hall–Kier alpha value is -4.59. The summed E-state index contributed by atoms with van der Waals surface area (Å²) in [7, 11) is 1.59. The SMILES string of the molecule is COc1ccc(-c2cc(=O)oc3cc(OCC(=O)NCCCOC(=O)c4ccc(C)cc4)ccc23)cc1. The van der Waals surface area contributed by atoms with Crippen LogP contribution in [0.15, 0.2) is 82.0 Å². The lowest BCUT2D eigenvalue weighted by Gasteiger charge is -2.10. The first-order valence-corrected chi connectivity index (χ1v) is 11.8. The maximum atomic E-state index is 12.2. The minimum Gasteiger partial charge on any atom is -0.497 e. The number of hydrogen-bond acceptors (Lipinski definition) is 7. The van der Waals surface area contributed by atoms with E-state index in [2.05, 4.69) is 5.32 Å². The van der Waals surface area contributed by atoms with E-state index in [0.29, 0.717) is 35.6 Å². The van der Waals surface area contributed by atoms with Gasteiger partial charge in [0.05, 0.1) is 19.3 Å². The fourth-order valence-corrected chi connectivity index (χ4v) is 3.68. The lowest BCUT2D eigenvalue weighted by atomic mass is 10.0. The van der Waals surface area contributed by atoms with Crippen molar-refractivity contribution in [1.82, 2.24) is 5.32 Å². The molecule has 0 aliphatic heterocycles. The fraction of sp³-hybridized carbons (Fsp3) is 0.207. The van der Waals surface area contributed by atoms with Crippen LogP contribution in [0.5, 0.6) is 11.5 Å². The van der Waals surface area contributed by atoms with Crippen LogP contribution in [0.1, 0.15) is 22.3 Å². The fourth-order valence-electron chi connectivity index (χ4n) is 3.68. The molecule has 0 saturated heterocycles. The average molecular weight is 502 g/mol. The molecule has 0 fully saturated rings. The van der Waals surface area contributed by atoms with Crippen molar-refractivity contribution in [2.45, 2.75) is 13.3 Å². The molecule has 1 N–H and O–H groups in total. The van der Waals surface area contributed by atoms with Gasteiger partial charge in [-0.3, -0.25) is 4.79 Å². The maximum Gasteiger partial charge on any atom is 0.338 e. The molecule has 0 atom stereocenters. The number of rotatable bonds is 10. The molecule has 0 aliphatic carbocycles. The first-order chi connectivity index (χ1) is 17.9. The summed E-state index contributed by atoms with van der Waals surface area (Å²) in [5.74, 6) is 0.393. The van der Waals surface area contributed by atoms with Crippen LogP contribution in [0.3, 0.4) is 0 Å². The van der Waals surface area contributed by atoms with Crippen LogP contribution in [0, 0.1) is 6.92 Å². The molecular formula is C29H27NO7. The molecular weight excluding hydrogens is 474 g/mol. The normalized spacial score (nSPS) is 10.6. The second kappa shape index (κ2) is 11.9. The van der Waals surface area contributed by atoms with Crippen LogP contribution in [-0.4, -0.2) is 38.7 Å². The van der Waals surface area contributed by atoms with Crippen molar-refractivity contribution in [3.63, 3.8) is 0 Å². The highest BCUT2D eigenvalue weighted by molar-refractivity contribution is 5.94. The number of carbonyl (C=O) groups is 2. The first-order valence-electron chi connectivity index (χ1n) is 11.8. The van der Waals surface area contributed by atoms with Gasteiger partial charge < -0.3 is 23.9 Å². The number of methoxy groups -OCH3 is 1. The molecule has 4 aromatic rings. The molecule has 1 heterocycles. The number of nitrogens with one attached hydrogen (secondary N) is 1. The van der Waals surface area contributed by atoms with Gasteiger partial charge in [0.2, 0.25) is 0 Å². The standard InChI is InChI=1S/C29H27NO7/c1-19-4-6-21(7-5-19)29(33)35-15-3-14-30-27(31)18-36-23-12-13-24-25(17-28(32)37-26(24)16-23)20-8-10-22(34-2)11-9-20/h4-13,16-17H,3,14-15,18H2,1-2H3,(H,30,31). The van der Waals surface area contributed by atoms with Gasteiger partial charge in [0.25, 0.3) is 5.91 Å². The van der Waals surface area contributed by atoms with Crippen molar-refractivity contribution in [3.05, 3.63) is 94.3 Å². The van der Waals surface area contributed by atoms with Crippen LogP contribution in [-0.2, 0) is 9.53 Å². The number of carbonyl (C=O) groups excluding carboxylic acids is 2. The summed E-state index contributed by atoms with van der Waals surface area (Å²) >= 11 is 0. The van der Waals surface area contributed by atoms with Gasteiger partial charge in [0.1, 0.15) is 17.1 Å². The minimum absolute atomic E-state index is 0.189. The summed E-state index contributed by atoms with van der Waals surface area (Å²) in [4.78, 5) is 36.3. The molecule has 0 aliphatic rings. The van der Waals surface area contributed by atoms with Gasteiger partial charge in [0, 0.05) is 24.1 Å². The molecule has 0 bridgehead atoms. The Morgan fingerprint density at radius 3 is 2.38 bits per heavy atom. The Labute approximate surface area is 213 Å². The molecule has 0 radical (unpaired) electrons. The highest BCUT2D eigenvalue weighted by atomic mass is 16.5. The van der Waals surface area contributed by atoms with E-state index >= 15 is 0 Å². The lowest BCUT2D eigenvalue weighted by molar-refractivity contribution is -0.123. The van der Waals surface area contributed by atoms with Gasteiger partial charge in [-0.15, -0.1) is 0 Å². The predicted molar refractivity (Wildman–Crippen MR) is 139 cm³/mol. The van der Waals surface area contributed by atoms with Crippen molar-refractivity contribution in [1.29, 1.82) is 0 Å². The smallest absolute Gasteiger partial charge is 0.338 e. The van der Waals surface area contributed by atoms with Crippen molar-refractivity contribution in [2.24, 2.45) is 0 Å². The third-order valence-corrected chi connectivity index (χ3v) is 5.65. The average Bonchev–Trinajstić information content (AvgIpc) is 2.91. The van der Waals surface area contributed by atoms with Crippen LogP contribution < -0.4 is 20.4 Å². The zero-order valence-electron chi connectivity index (χ0n) is 20.6. The quantitative estimate of drug-likeness (QED) is 0.194. The molecule has 37 heavy (non-hydrogen) atoms. The Kier molecular flexibility index (Phi) is 8.20. The second-order valence-corrected chi connectivity index (χ2v) is 8.36. The van der Waals surface area contributed by atoms with E-state index in [1.807, 2.05) is 43.3 Å². The largest absolute Gasteiger partial charge is 0.497 e. The summed E-state index contributed by atoms with van der Waals surface area (Å²) in [5, 5.41) is 3.46. The third kappa shape index (κ3) is 6.76. The number of aryl methyl sites for hydroxylation is 1.